The summed E-state index contributed by atoms with van der Waals surface area (Å²) in [6.07, 6.45) is 0.961. The molecule has 2 N–H and O–H groups in total. The molecule has 9 heavy (non-hydrogen) atoms. The van der Waals surface area contributed by atoms with Gasteiger partial charge in [0.15, 0.2) is 0 Å². The van der Waals surface area contributed by atoms with E-state index in [4.69, 9.17) is 10.2 Å². The van der Waals surface area contributed by atoms with Crippen LogP contribution in [-0.2, 0) is 0 Å². The molecule has 1 unspecified atom stereocenters. The van der Waals surface area contributed by atoms with Crippen LogP contribution in [0.5, 0.6) is 0 Å². The summed E-state index contributed by atoms with van der Waals surface area (Å²) in [6.45, 7) is 0.485. The molecule has 1 aliphatic carbocycles. The zero-order valence-corrected chi connectivity index (χ0v) is 6.71. The van der Waals surface area contributed by atoms with Crippen LogP contribution in [0.25, 0.3) is 0 Å². The van der Waals surface area contributed by atoms with Crippen molar-refractivity contribution in [2.45, 2.75) is 11.2 Å². The Labute approximate surface area is 63.0 Å². The molecule has 0 amide bonds. The van der Waals surface area contributed by atoms with E-state index in [0.717, 1.165) is 6.42 Å². The lowest BCUT2D eigenvalue weighted by molar-refractivity contribution is 0.0770. The van der Waals surface area contributed by atoms with Crippen molar-refractivity contribution in [3.63, 3.8) is 0 Å². The van der Waals surface area contributed by atoms with Gasteiger partial charge in [-0.15, -0.1) is 0 Å². The van der Waals surface area contributed by atoms with Crippen molar-refractivity contribution in [2.75, 3.05) is 13.2 Å². The molecule has 0 aromatic carbocycles. The van der Waals surface area contributed by atoms with E-state index < -0.39 is 0 Å². The van der Waals surface area contributed by atoms with Gasteiger partial charge in [-0.1, -0.05) is 15.9 Å². The first-order valence-electron chi connectivity index (χ1n) is 3.15. The molecule has 0 saturated heterocycles. The predicted molar refractivity (Wildman–Crippen MR) is 38.5 cm³/mol. The van der Waals surface area contributed by atoms with Crippen LogP contribution < -0.4 is 0 Å². The molecule has 54 valence electrons. The molecule has 3 heteroatoms. The smallest absolute Gasteiger partial charge is 0.0470 e. The summed E-state index contributed by atoms with van der Waals surface area (Å²) in [5.41, 5.74) is 0. The third-order valence-electron chi connectivity index (χ3n) is 1.98. The van der Waals surface area contributed by atoms with Gasteiger partial charge in [0.2, 0.25) is 0 Å². The summed E-state index contributed by atoms with van der Waals surface area (Å²) in [6, 6.07) is 0. The first-order valence-corrected chi connectivity index (χ1v) is 4.07. The highest BCUT2D eigenvalue weighted by Gasteiger charge is 2.37. The Kier molecular flexibility index (Phi) is 2.50. The Morgan fingerprint density at radius 1 is 1.22 bits per heavy atom. The summed E-state index contributed by atoms with van der Waals surface area (Å²) in [5, 5.41) is 17.3. The lowest BCUT2D eigenvalue weighted by atomic mass is 9.76. The van der Waals surface area contributed by atoms with Gasteiger partial charge in [-0.05, 0) is 18.3 Å². The zero-order chi connectivity index (χ0) is 6.85. The van der Waals surface area contributed by atoms with Crippen molar-refractivity contribution in [3.8, 4) is 0 Å². The molecule has 0 aromatic rings. The van der Waals surface area contributed by atoms with Crippen molar-refractivity contribution >= 4 is 15.9 Å². The van der Waals surface area contributed by atoms with Gasteiger partial charge in [0.05, 0.1) is 0 Å². The minimum absolute atomic E-state index is 0.242. The monoisotopic (exact) mass is 194 g/mol. The number of alkyl halides is 1. The number of halogens is 1. The number of hydrogen-bond donors (Lipinski definition) is 2. The van der Waals surface area contributed by atoms with Crippen LogP contribution in [0.2, 0.25) is 0 Å². The first kappa shape index (κ1) is 7.51. The van der Waals surface area contributed by atoms with Gasteiger partial charge in [0, 0.05) is 18.0 Å². The van der Waals surface area contributed by atoms with Gasteiger partial charge >= 0.3 is 0 Å². The lowest BCUT2D eigenvalue weighted by Crippen LogP contribution is -2.41. The van der Waals surface area contributed by atoms with E-state index in [2.05, 4.69) is 15.9 Å². The van der Waals surface area contributed by atoms with Crippen LogP contribution in [0.1, 0.15) is 6.42 Å². The molecule has 0 spiro atoms. The summed E-state index contributed by atoms with van der Waals surface area (Å²) in [5.74, 6) is 0.754. The fourth-order valence-corrected chi connectivity index (χ4v) is 1.95. The Hall–Kier alpha value is 0.400. The van der Waals surface area contributed by atoms with Crippen molar-refractivity contribution in [1.29, 1.82) is 0 Å². The Balaban J connectivity index is 2.24. The maximum absolute atomic E-state index is 8.66. The quantitative estimate of drug-likeness (QED) is 0.625. The summed E-state index contributed by atoms with van der Waals surface area (Å²) < 4.78 is 0. The van der Waals surface area contributed by atoms with Crippen LogP contribution in [0.15, 0.2) is 0 Å². The summed E-state index contributed by atoms with van der Waals surface area (Å²) >= 11 is 3.39. The van der Waals surface area contributed by atoms with E-state index in [-0.39, 0.29) is 13.2 Å². The third-order valence-corrected chi connectivity index (χ3v) is 3.47. The number of aliphatic hydroxyl groups is 2. The molecule has 0 heterocycles. The molecule has 1 fully saturated rings. The molecule has 0 bridgehead atoms. The third kappa shape index (κ3) is 1.28. The molecule has 0 aliphatic heterocycles. The van der Waals surface area contributed by atoms with Gasteiger partial charge in [-0.2, -0.15) is 0 Å². The normalized spacial score (nSPS) is 42.3. The average Bonchev–Trinajstić information content (AvgIpc) is 1.87. The highest BCUT2D eigenvalue weighted by Crippen LogP contribution is 2.38. The van der Waals surface area contributed by atoms with Crippen LogP contribution in [0, 0.1) is 11.8 Å². The fraction of sp³-hybridized carbons (Fsp3) is 1.00. The second-order valence-electron chi connectivity index (χ2n) is 2.57. The van der Waals surface area contributed by atoms with Crippen LogP contribution in [0.4, 0.5) is 0 Å². The van der Waals surface area contributed by atoms with E-state index >= 15 is 0 Å². The van der Waals surface area contributed by atoms with Crippen molar-refractivity contribution in [1.82, 2.24) is 0 Å². The Bertz CT molecular complexity index is 87.1. The molecular formula is C6H11BrO2. The molecule has 2 nitrogen and oxygen atoms in total. The van der Waals surface area contributed by atoms with Crippen LogP contribution >= 0.6 is 15.9 Å². The molecule has 1 rings (SSSR count). The Morgan fingerprint density at radius 2 is 1.67 bits per heavy atom. The van der Waals surface area contributed by atoms with E-state index in [9.17, 15) is 0 Å². The lowest BCUT2D eigenvalue weighted by Gasteiger charge is -2.39. The average molecular weight is 195 g/mol. The van der Waals surface area contributed by atoms with E-state index in [1.807, 2.05) is 0 Å². The highest BCUT2D eigenvalue weighted by molar-refractivity contribution is 9.09. The van der Waals surface area contributed by atoms with Crippen LogP contribution in [-0.4, -0.2) is 28.3 Å². The molecule has 1 aliphatic rings. The SMILES string of the molecule is OC[C@@H]1C[C@H](CO)C1Br. The highest BCUT2D eigenvalue weighted by atomic mass is 79.9. The van der Waals surface area contributed by atoms with Crippen LogP contribution in [0.3, 0.4) is 0 Å². The zero-order valence-electron chi connectivity index (χ0n) is 5.13. The molecule has 0 aromatic heterocycles. The predicted octanol–water partition coefficient (Wildman–Crippen LogP) is 0.371. The van der Waals surface area contributed by atoms with E-state index in [0.29, 0.717) is 16.7 Å². The molecule has 3 atom stereocenters. The summed E-state index contributed by atoms with van der Waals surface area (Å²) in [7, 11) is 0. The molecule has 1 saturated carbocycles. The second kappa shape index (κ2) is 2.99. The summed E-state index contributed by atoms with van der Waals surface area (Å²) in [4.78, 5) is 0.340. The van der Waals surface area contributed by atoms with Gasteiger partial charge in [-0.25, -0.2) is 0 Å². The molecule has 0 radical (unpaired) electrons. The van der Waals surface area contributed by atoms with Gasteiger partial charge in [0.1, 0.15) is 0 Å². The van der Waals surface area contributed by atoms with E-state index in [1.165, 1.54) is 0 Å². The van der Waals surface area contributed by atoms with Gasteiger partial charge < -0.3 is 10.2 Å². The minimum Gasteiger partial charge on any atom is -0.396 e. The van der Waals surface area contributed by atoms with Gasteiger partial charge in [-0.3, -0.25) is 0 Å². The number of rotatable bonds is 2. The minimum atomic E-state index is 0.242. The van der Waals surface area contributed by atoms with Crippen molar-refractivity contribution < 1.29 is 10.2 Å². The molecular weight excluding hydrogens is 184 g/mol. The second-order valence-corrected chi connectivity index (χ2v) is 3.62. The number of aliphatic hydroxyl groups excluding tert-OH is 2. The van der Waals surface area contributed by atoms with Crippen molar-refractivity contribution in [3.05, 3.63) is 0 Å². The largest absolute Gasteiger partial charge is 0.396 e. The Morgan fingerprint density at radius 3 is 1.89 bits per heavy atom. The number of hydrogen-bond acceptors (Lipinski definition) is 2. The maximum Gasteiger partial charge on any atom is 0.0470 e. The van der Waals surface area contributed by atoms with Crippen molar-refractivity contribution in [2.24, 2.45) is 11.8 Å². The van der Waals surface area contributed by atoms with Gasteiger partial charge in [0.25, 0.3) is 0 Å². The standard InChI is InChI=1S/C6H11BrO2/c7-6-4(2-8)1-5(6)3-9/h4-6,8-9H,1-3H2/t4-,5+,6?. The maximum atomic E-state index is 8.66. The topological polar surface area (TPSA) is 40.5 Å². The first-order chi connectivity index (χ1) is 4.29. The fourth-order valence-electron chi connectivity index (χ4n) is 1.19. The van der Waals surface area contributed by atoms with E-state index in [1.54, 1.807) is 0 Å².